The number of Topliss-reactive ketones (excluding diaryl/α,β-unsaturated/α-hetero) is 2. The highest BCUT2D eigenvalue weighted by molar-refractivity contribution is 6.50. The van der Waals surface area contributed by atoms with E-state index in [4.69, 9.17) is 11.6 Å². The minimum Gasteiger partial charge on any atom is -0.370 e. The molecule has 6 heteroatoms. The molecule has 0 fully saturated rings. The molecule has 2 aromatic carbocycles. The SMILES string of the molecule is CCCCN(C1=C(Cl)C(=O)c2ccccc2C1=O)c1ccc(CCNc2ccccn2)cc1. The number of unbranched alkanes of at least 4 members (excludes halogenated alkanes) is 1. The van der Waals surface area contributed by atoms with Crippen molar-refractivity contribution in [1.82, 2.24) is 4.98 Å². The van der Waals surface area contributed by atoms with Crippen LogP contribution in [0, 0.1) is 0 Å². The number of allylic oxidation sites excluding steroid dienone is 2. The van der Waals surface area contributed by atoms with Gasteiger partial charge in [-0.2, -0.15) is 0 Å². The predicted molar refractivity (Wildman–Crippen MR) is 133 cm³/mol. The molecule has 0 amide bonds. The van der Waals surface area contributed by atoms with E-state index in [1.54, 1.807) is 30.5 Å². The molecule has 0 spiro atoms. The van der Waals surface area contributed by atoms with Crippen LogP contribution in [0.4, 0.5) is 11.5 Å². The first-order chi connectivity index (χ1) is 16.1. The molecule has 33 heavy (non-hydrogen) atoms. The topological polar surface area (TPSA) is 62.3 Å². The number of nitrogens with one attached hydrogen (secondary N) is 1. The lowest BCUT2D eigenvalue weighted by Gasteiger charge is -2.30. The molecule has 0 unspecified atom stereocenters. The van der Waals surface area contributed by atoms with Crippen molar-refractivity contribution < 1.29 is 9.59 Å². The minimum absolute atomic E-state index is 0.0153. The van der Waals surface area contributed by atoms with Crippen LogP contribution >= 0.6 is 11.6 Å². The van der Waals surface area contributed by atoms with Gasteiger partial charge in [-0.3, -0.25) is 9.59 Å². The highest BCUT2D eigenvalue weighted by Crippen LogP contribution is 2.33. The van der Waals surface area contributed by atoms with E-state index in [0.717, 1.165) is 42.9 Å². The average molecular weight is 460 g/mol. The van der Waals surface area contributed by atoms with Crippen molar-refractivity contribution in [2.75, 3.05) is 23.3 Å². The number of carbonyl (C=O) groups excluding carboxylic acids is 2. The Balaban J connectivity index is 1.55. The Kier molecular flexibility index (Phi) is 7.20. The second-order valence-corrected chi connectivity index (χ2v) is 8.31. The summed E-state index contributed by atoms with van der Waals surface area (Å²) in [7, 11) is 0. The van der Waals surface area contributed by atoms with E-state index >= 15 is 0 Å². The largest absolute Gasteiger partial charge is 0.370 e. The van der Waals surface area contributed by atoms with Gasteiger partial charge >= 0.3 is 0 Å². The highest BCUT2D eigenvalue weighted by Gasteiger charge is 2.34. The van der Waals surface area contributed by atoms with Crippen LogP contribution in [0.25, 0.3) is 0 Å². The van der Waals surface area contributed by atoms with Crippen molar-refractivity contribution in [3.63, 3.8) is 0 Å². The van der Waals surface area contributed by atoms with Gasteiger partial charge in [-0.25, -0.2) is 4.98 Å². The van der Waals surface area contributed by atoms with Crippen LogP contribution in [-0.2, 0) is 6.42 Å². The van der Waals surface area contributed by atoms with E-state index in [9.17, 15) is 9.59 Å². The molecule has 4 rings (SSSR count). The van der Waals surface area contributed by atoms with Gasteiger partial charge in [0, 0.05) is 36.1 Å². The number of fused-ring (bicyclic) bond motifs is 1. The van der Waals surface area contributed by atoms with Crippen molar-refractivity contribution >= 4 is 34.7 Å². The zero-order chi connectivity index (χ0) is 23.2. The molecule has 0 saturated heterocycles. The zero-order valence-corrected chi connectivity index (χ0v) is 19.3. The maximum atomic E-state index is 13.3. The van der Waals surface area contributed by atoms with Crippen molar-refractivity contribution in [3.8, 4) is 0 Å². The Morgan fingerprint density at radius 1 is 0.909 bits per heavy atom. The highest BCUT2D eigenvalue weighted by atomic mass is 35.5. The Labute approximate surface area is 199 Å². The van der Waals surface area contributed by atoms with Crippen molar-refractivity contribution in [1.29, 1.82) is 0 Å². The Bertz CT molecular complexity index is 1170. The van der Waals surface area contributed by atoms with Gasteiger partial charge in [-0.15, -0.1) is 0 Å². The molecule has 5 nitrogen and oxygen atoms in total. The lowest BCUT2D eigenvalue weighted by molar-refractivity contribution is 0.0978. The van der Waals surface area contributed by atoms with Gasteiger partial charge in [0.2, 0.25) is 11.6 Å². The Hall–Kier alpha value is -3.44. The monoisotopic (exact) mass is 459 g/mol. The summed E-state index contributed by atoms with van der Waals surface area (Å²) < 4.78 is 0. The molecule has 1 aliphatic carbocycles. The molecule has 1 N–H and O–H groups in total. The van der Waals surface area contributed by atoms with Crippen molar-refractivity contribution in [3.05, 3.63) is 100 Å². The fourth-order valence-corrected chi connectivity index (χ4v) is 4.19. The Morgan fingerprint density at radius 3 is 2.27 bits per heavy atom. The van der Waals surface area contributed by atoms with Crippen LogP contribution in [0.3, 0.4) is 0 Å². The number of benzene rings is 2. The van der Waals surface area contributed by atoms with Crippen LogP contribution in [0.2, 0.25) is 0 Å². The summed E-state index contributed by atoms with van der Waals surface area (Å²) in [6, 6.07) is 20.7. The molecule has 0 bridgehead atoms. The van der Waals surface area contributed by atoms with E-state index in [1.165, 1.54) is 0 Å². The normalized spacial score (nSPS) is 13.2. The molecule has 0 radical (unpaired) electrons. The molecular formula is C27H26ClN3O2. The van der Waals surface area contributed by atoms with E-state index in [2.05, 4.69) is 17.2 Å². The number of rotatable bonds is 9. The maximum Gasteiger partial charge on any atom is 0.211 e. The zero-order valence-electron chi connectivity index (χ0n) is 18.6. The van der Waals surface area contributed by atoms with Crippen LogP contribution in [-0.4, -0.2) is 29.6 Å². The Morgan fingerprint density at radius 2 is 1.61 bits per heavy atom. The van der Waals surface area contributed by atoms with E-state index in [-0.39, 0.29) is 22.3 Å². The van der Waals surface area contributed by atoms with Gasteiger partial charge in [-0.05, 0) is 42.7 Å². The third-order valence-electron chi connectivity index (χ3n) is 5.68. The van der Waals surface area contributed by atoms with Gasteiger partial charge in [0.05, 0.1) is 0 Å². The number of hydrogen-bond donors (Lipinski definition) is 1. The van der Waals surface area contributed by atoms with Gasteiger partial charge in [0.15, 0.2) is 0 Å². The molecule has 0 atom stereocenters. The summed E-state index contributed by atoms with van der Waals surface area (Å²) in [5, 5.41) is 3.29. The van der Waals surface area contributed by atoms with E-state index < -0.39 is 0 Å². The van der Waals surface area contributed by atoms with Crippen LogP contribution in [0.15, 0.2) is 83.7 Å². The number of pyridine rings is 1. The van der Waals surface area contributed by atoms with Crippen LogP contribution < -0.4 is 10.2 Å². The molecular weight excluding hydrogens is 434 g/mol. The van der Waals surface area contributed by atoms with Crippen molar-refractivity contribution in [2.24, 2.45) is 0 Å². The van der Waals surface area contributed by atoms with E-state index in [0.29, 0.717) is 17.7 Å². The second-order valence-electron chi connectivity index (χ2n) is 7.93. The van der Waals surface area contributed by atoms with Crippen LogP contribution in [0.1, 0.15) is 46.0 Å². The summed E-state index contributed by atoms with van der Waals surface area (Å²) in [5.41, 5.74) is 3.04. The summed E-state index contributed by atoms with van der Waals surface area (Å²) in [6.07, 6.45) is 4.42. The number of halogens is 1. The number of aromatic nitrogens is 1. The third kappa shape index (κ3) is 4.99. The minimum atomic E-state index is -0.305. The summed E-state index contributed by atoms with van der Waals surface area (Å²) in [4.78, 5) is 32.4. The summed E-state index contributed by atoms with van der Waals surface area (Å²) >= 11 is 6.49. The first-order valence-electron chi connectivity index (χ1n) is 11.2. The number of carbonyl (C=O) groups is 2. The first kappa shape index (κ1) is 22.7. The summed E-state index contributed by atoms with van der Waals surface area (Å²) in [5.74, 6) is 0.331. The van der Waals surface area contributed by atoms with Gasteiger partial charge in [0.25, 0.3) is 0 Å². The predicted octanol–water partition coefficient (Wildman–Crippen LogP) is 5.87. The van der Waals surface area contributed by atoms with E-state index in [1.807, 2.05) is 47.4 Å². The molecule has 1 aliphatic rings. The molecule has 0 aliphatic heterocycles. The molecule has 0 saturated carbocycles. The number of nitrogens with zero attached hydrogens (tertiary/aromatic N) is 2. The van der Waals surface area contributed by atoms with Gasteiger partial charge < -0.3 is 10.2 Å². The van der Waals surface area contributed by atoms with Crippen molar-refractivity contribution in [2.45, 2.75) is 26.2 Å². The fraction of sp³-hybridized carbons (Fsp3) is 0.222. The number of ketones is 2. The van der Waals surface area contributed by atoms with Gasteiger partial charge in [0.1, 0.15) is 16.5 Å². The average Bonchev–Trinajstić information content (AvgIpc) is 2.86. The smallest absolute Gasteiger partial charge is 0.211 e. The standard InChI is InChI=1S/C27H26ClN3O2/c1-2-3-18-31(25-24(28)26(32)21-8-4-5-9-22(21)27(25)33)20-13-11-19(12-14-20)15-17-30-23-10-6-7-16-29-23/h4-14,16H,2-3,15,17-18H2,1H3,(H,29,30). The molecule has 1 aromatic heterocycles. The molecule has 168 valence electrons. The fourth-order valence-electron chi connectivity index (χ4n) is 3.90. The van der Waals surface area contributed by atoms with Gasteiger partial charge in [-0.1, -0.05) is 67.4 Å². The lowest BCUT2D eigenvalue weighted by atomic mass is 9.91. The van der Waals surface area contributed by atoms with Crippen LogP contribution in [0.5, 0.6) is 0 Å². The lowest BCUT2D eigenvalue weighted by Crippen LogP contribution is -2.34. The second kappa shape index (κ2) is 10.5. The third-order valence-corrected chi connectivity index (χ3v) is 6.03. The maximum absolute atomic E-state index is 13.3. The quantitative estimate of drug-likeness (QED) is 0.433. The number of hydrogen-bond acceptors (Lipinski definition) is 5. The number of anilines is 2. The molecule has 1 heterocycles. The first-order valence-corrected chi connectivity index (χ1v) is 11.6. The summed E-state index contributed by atoms with van der Waals surface area (Å²) in [6.45, 7) is 3.45. The molecule has 3 aromatic rings.